The van der Waals surface area contributed by atoms with Gasteiger partial charge >= 0.3 is 6.09 Å². The normalized spacial score (nSPS) is 13.4. The van der Waals surface area contributed by atoms with E-state index in [4.69, 9.17) is 19.9 Å². The molecule has 0 radical (unpaired) electrons. The fourth-order valence-corrected chi connectivity index (χ4v) is 11.4. The number of anilines is 1. The highest BCUT2D eigenvalue weighted by Crippen LogP contribution is 2.41. The molecule has 1 aliphatic rings. The van der Waals surface area contributed by atoms with E-state index < -0.39 is 55.1 Å². The zero-order chi connectivity index (χ0) is 45.6. The number of aliphatic hydroxyl groups excluding tert-OH is 1. The molecule has 0 saturated carbocycles. The number of nitrogens with one attached hydrogen (secondary N) is 4. The lowest BCUT2D eigenvalue weighted by atomic mass is 9.97. The number of hydrogen-bond donors (Lipinski definition) is 7. The summed E-state index contributed by atoms with van der Waals surface area (Å²) >= 11 is 1.22. The number of para-hydroxylation sites is 1. The molecule has 0 bridgehead atoms. The second kappa shape index (κ2) is 19.5. The van der Waals surface area contributed by atoms with Crippen LogP contribution < -0.4 is 41.1 Å². The molecule has 64 heavy (non-hydrogen) atoms. The lowest BCUT2D eigenvalue weighted by Crippen LogP contribution is -2.46. The molecule has 0 aliphatic carbocycles. The number of carboxylic acid groups (broad SMARTS) is 1. The molecule has 7 rings (SSSR count). The predicted octanol–water partition coefficient (Wildman–Crippen LogP) is 4.06. The van der Waals surface area contributed by atoms with Crippen LogP contribution >= 0.6 is 11.3 Å². The number of nitrogens with two attached hydrogens (primary N) is 1. The van der Waals surface area contributed by atoms with Gasteiger partial charge in [-0.1, -0.05) is 65.9 Å². The molecule has 1 aliphatic heterocycles. The van der Waals surface area contributed by atoms with Gasteiger partial charge in [0.25, 0.3) is 0 Å². The minimum absolute atomic E-state index is 0.0123. The Bertz CT molecular complexity index is 2830. The summed E-state index contributed by atoms with van der Waals surface area (Å²) in [4.78, 5) is 14.6. The third-order valence-electron chi connectivity index (χ3n) is 10.1. The van der Waals surface area contributed by atoms with Crippen LogP contribution in [0.15, 0.2) is 118 Å². The number of hydrazine groups is 2. The molecule has 8 N–H and O–H groups in total. The number of nitrogen functional groups attached to an aromatic ring is 1. The SMILES string of the molecule is COc1ccc(CN2NNN=C2c2c(-c3cccc4sc(N)nc34)ccc(S(=O)(=O)NC(CO)CNC(=O)O)c2S(=O)(=O)N(Cc2ccc(OC)cc2)Cc2ccc(OC)cc2)cc1. The predicted molar refractivity (Wildman–Crippen MR) is 240 cm³/mol. The number of amidine groups is 1. The van der Waals surface area contributed by atoms with Gasteiger partial charge in [-0.25, -0.2) is 36.9 Å². The third kappa shape index (κ3) is 9.97. The van der Waals surface area contributed by atoms with Crippen molar-refractivity contribution < 1.29 is 46.1 Å². The summed E-state index contributed by atoms with van der Waals surface area (Å²) < 4.78 is 82.0. The van der Waals surface area contributed by atoms with Crippen molar-refractivity contribution in [2.24, 2.45) is 5.10 Å². The Morgan fingerprint density at radius 3 is 1.95 bits per heavy atom. The van der Waals surface area contributed by atoms with E-state index in [1.165, 1.54) is 36.6 Å². The average molecular weight is 932 g/mol. The Kier molecular flexibility index (Phi) is 13.8. The number of fused-ring (bicyclic) bond motifs is 1. The molecule has 5 aromatic carbocycles. The summed E-state index contributed by atoms with van der Waals surface area (Å²) in [6.45, 7) is -1.77. The van der Waals surface area contributed by atoms with E-state index in [9.17, 15) is 23.4 Å². The highest BCUT2D eigenvalue weighted by Gasteiger charge is 2.40. The van der Waals surface area contributed by atoms with Gasteiger partial charge in [0.1, 0.15) is 27.0 Å². The maximum atomic E-state index is 16.1. The molecule has 1 amide bonds. The van der Waals surface area contributed by atoms with Crippen molar-refractivity contribution in [1.29, 1.82) is 0 Å². The van der Waals surface area contributed by atoms with E-state index in [-0.39, 0.29) is 41.7 Å². The van der Waals surface area contributed by atoms with E-state index in [1.807, 2.05) is 18.2 Å². The van der Waals surface area contributed by atoms with E-state index in [2.05, 4.69) is 31.2 Å². The first-order valence-corrected chi connectivity index (χ1v) is 23.2. The second-order valence-electron chi connectivity index (χ2n) is 14.3. The molecule has 0 fully saturated rings. The van der Waals surface area contributed by atoms with Crippen LogP contribution in [0, 0.1) is 0 Å². The lowest BCUT2D eigenvalue weighted by Gasteiger charge is -2.29. The molecule has 1 atom stereocenters. The highest BCUT2D eigenvalue weighted by molar-refractivity contribution is 7.92. The monoisotopic (exact) mass is 931 g/mol. The van der Waals surface area contributed by atoms with Gasteiger partial charge in [0.05, 0.1) is 50.7 Å². The number of thiazole rings is 1. The molecule has 1 aromatic heterocycles. The van der Waals surface area contributed by atoms with Crippen molar-refractivity contribution in [2.75, 3.05) is 40.2 Å². The lowest BCUT2D eigenvalue weighted by molar-refractivity contribution is 0.190. The van der Waals surface area contributed by atoms with Crippen LogP contribution in [0.3, 0.4) is 0 Å². The van der Waals surface area contributed by atoms with Gasteiger partial charge in [0, 0.05) is 30.8 Å². The van der Waals surface area contributed by atoms with Crippen LogP contribution in [0.5, 0.6) is 17.2 Å². The quantitative estimate of drug-likeness (QED) is 0.0605. The topological polar surface area (TPSA) is 259 Å². The molecular weight excluding hydrogens is 887 g/mol. The number of carbonyl (C=O) groups is 1. The maximum absolute atomic E-state index is 16.1. The van der Waals surface area contributed by atoms with E-state index >= 15 is 8.42 Å². The zero-order valence-electron chi connectivity index (χ0n) is 34.7. The zero-order valence-corrected chi connectivity index (χ0v) is 37.1. The van der Waals surface area contributed by atoms with Crippen LogP contribution in [-0.4, -0.2) is 93.8 Å². The summed E-state index contributed by atoms with van der Waals surface area (Å²) in [6, 6.07) is 27.2. The standard InChI is InChI=1S/C42H45N9O10S3/c1-59-30-13-7-26(8-14-30)22-50(23-27-9-15-31(60-2)16-10-27)64(57,58)39-36(63(55,56)47-29(25-52)21-44-42(53)54)20-19-33(34-5-4-6-35-38(34)45-41(43)62-35)37(39)40-46-48-49-51(40)24-28-11-17-32(61-3)18-12-28/h4-20,29,44,47-49,52H,21-25H2,1-3H3,(H2,43,45)(H,53,54). The van der Waals surface area contributed by atoms with Crippen molar-refractivity contribution in [3.8, 4) is 28.4 Å². The van der Waals surface area contributed by atoms with Crippen molar-refractivity contribution in [3.63, 3.8) is 0 Å². The molecule has 1 unspecified atom stereocenters. The van der Waals surface area contributed by atoms with Crippen molar-refractivity contribution in [3.05, 3.63) is 125 Å². The van der Waals surface area contributed by atoms with Gasteiger partial charge in [-0.2, -0.15) is 4.31 Å². The van der Waals surface area contributed by atoms with Crippen molar-refractivity contribution >= 4 is 58.7 Å². The van der Waals surface area contributed by atoms with Gasteiger partial charge in [0.15, 0.2) is 11.0 Å². The van der Waals surface area contributed by atoms with Crippen LogP contribution in [0.1, 0.15) is 22.3 Å². The smallest absolute Gasteiger partial charge is 0.404 e. The Labute approximate surface area is 373 Å². The number of benzene rings is 5. The van der Waals surface area contributed by atoms with Crippen molar-refractivity contribution in [1.82, 2.24) is 35.4 Å². The molecule has 0 saturated heterocycles. The minimum atomic E-state index is -5.01. The number of ether oxygens (including phenoxy) is 3. The van der Waals surface area contributed by atoms with Gasteiger partial charge < -0.3 is 35.5 Å². The number of aliphatic hydroxyl groups is 1. The number of amides is 1. The van der Waals surface area contributed by atoms with Gasteiger partial charge in [-0.05, 0) is 70.8 Å². The molecule has 22 heteroatoms. The first-order chi connectivity index (χ1) is 30.7. The molecule has 6 aromatic rings. The Hall–Kier alpha value is -6.53. The third-order valence-corrected chi connectivity index (χ3v) is 14.6. The summed E-state index contributed by atoms with van der Waals surface area (Å²) in [5.74, 6) is 1.66. The number of aromatic nitrogens is 1. The van der Waals surface area contributed by atoms with Crippen LogP contribution in [0.4, 0.5) is 9.93 Å². The Balaban J connectivity index is 1.52. The maximum Gasteiger partial charge on any atom is 0.404 e. The number of rotatable bonds is 19. The van der Waals surface area contributed by atoms with Crippen LogP contribution in [-0.2, 0) is 39.7 Å². The molecular formula is C42H45N9O10S3. The summed E-state index contributed by atoms with van der Waals surface area (Å²) in [6.07, 6.45) is -1.46. The summed E-state index contributed by atoms with van der Waals surface area (Å²) in [7, 11) is -5.40. The second-order valence-corrected chi connectivity index (χ2v) is 18.9. The number of hydrazone groups is 1. The fraction of sp³-hybridized carbons (Fsp3) is 0.214. The number of sulfonamides is 2. The van der Waals surface area contributed by atoms with Gasteiger partial charge in [-0.3, -0.25) is 5.01 Å². The molecule has 2 heterocycles. The van der Waals surface area contributed by atoms with Gasteiger partial charge in [0.2, 0.25) is 20.0 Å². The summed E-state index contributed by atoms with van der Waals surface area (Å²) in [5.41, 5.74) is 14.7. The minimum Gasteiger partial charge on any atom is -0.497 e. The summed E-state index contributed by atoms with van der Waals surface area (Å²) in [5, 5.41) is 27.9. The number of hydrogen-bond acceptors (Lipinski definition) is 16. The number of nitrogens with zero attached hydrogens (tertiary/aromatic N) is 4. The first-order valence-electron chi connectivity index (χ1n) is 19.4. The number of methoxy groups -OCH3 is 3. The first kappa shape index (κ1) is 45.5. The largest absolute Gasteiger partial charge is 0.497 e. The Morgan fingerprint density at radius 1 is 0.828 bits per heavy atom. The average Bonchev–Trinajstić information content (AvgIpc) is 3.93. The van der Waals surface area contributed by atoms with E-state index in [0.717, 1.165) is 15.9 Å². The molecule has 336 valence electrons. The van der Waals surface area contributed by atoms with Gasteiger partial charge in [-0.15, -0.1) is 10.6 Å². The van der Waals surface area contributed by atoms with E-state index in [0.29, 0.717) is 44.2 Å². The molecule has 19 nitrogen and oxygen atoms in total. The van der Waals surface area contributed by atoms with Crippen LogP contribution in [0.2, 0.25) is 0 Å². The fourth-order valence-electron chi connectivity index (χ4n) is 6.99. The van der Waals surface area contributed by atoms with Crippen molar-refractivity contribution in [2.45, 2.75) is 35.5 Å². The van der Waals surface area contributed by atoms with E-state index in [1.54, 1.807) is 79.9 Å². The highest BCUT2D eigenvalue weighted by atomic mass is 32.2. The Morgan fingerprint density at radius 2 is 1.41 bits per heavy atom. The molecule has 0 spiro atoms. The van der Waals surface area contributed by atoms with Crippen LogP contribution in [0.25, 0.3) is 21.3 Å².